The van der Waals surface area contributed by atoms with E-state index in [1.54, 1.807) is 12.1 Å². The molecule has 2 aliphatic heterocycles. The maximum atomic E-state index is 13.6. The molecule has 0 spiro atoms. The van der Waals surface area contributed by atoms with Crippen molar-refractivity contribution < 1.29 is 9.59 Å². The maximum absolute atomic E-state index is 13.6. The molecule has 30 heavy (non-hydrogen) atoms. The first-order valence-electron chi connectivity index (χ1n) is 10.5. The van der Waals surface area contributed by atoms with Crippen LogP contribution in [0.15, 0.2) is 48.2 Å². The van der Waals surface area contributed by atoms with Crippen LogP contribution >= 0.6 is 11.6 Å². The molecular formula is C25H27ClN2O2. The Labute approximate surface area is 183 Å². The van der Waals surface area contributed by atoms with E-state index in [1.807, 2.05) is 38.1 Å². The molecule has 0 aliphatic carbocycles. The van der Waals surface area contributed by atoms with Crippen LogP contribution in [0.1, 0.15) is 42.0 Å². The zero-order valence-electron chi connectivity index (χ0n) is 17.7. The van der Waals surface area contributed by atoms with E-state index in [1.165, 1.54) is 4.90 Å². The van der Waals surface area contributed by atoms with Crippen molar-refractivity contribution in [2.24, 2.45) is 5.92 Å². The second-order valence-corrected chi connectivity index (χ2v) is 8.99. The first-order chi connectivity index (χ1) is 14.3. The molecule has 2 heterocycles. The van der Waals surface area contributed by atoms with Gasteiger partial charge in [0, 0.05) is 18.1 Å². The summed E-state index contributed by atoms with van der Waals surface area (Å²) >= 11 is 5.99. The summed E-state index contributed by atoms with van der Waals surface area (Å²) in [5.74, 6) is 0.0917. The molecule has 0 N–H and O–H groups in total. The highest BCUT2D eigenvalue weighted by atomic mass is 35.5. The Balaban J connectivity index is 1.76. The molecule has 1 saturated heterocycles. The summed E-state index contributed by atoms with van der Waals surface area (Å²) in [6.07, 6.45) is 2.18. The number of amides is 2. The first-order valence-corrected chi connectivity index (χ1v) is 10.9. The second-order valence-electron chi connectivity index (χ2n) is 8.56. The summed E-state index contributed by atoms with van der Waals surface area (Å²) in [5.41, 5.74) is 5.00. The molecule has 0 saturated carbocycles. The standard InChI is InChI=1S/C25H27ClN2O2/c1-16-6-11-21(18(3)13-16)22-23(27-12-4-5-17(2)14-27)25(30)28(24(22)29)15-19-7-9-20(26)10-8-19/h6-11,13,17H,4-5,12,14-15H2,1-3H3. The molecular weight excluding hydrogens is 396 g/mol. The highest BCUT2D eigenvalue weighted by molar-refractivity contribution is 6.35. The number of imide groups is 1. The largest absolute Gasteiger partial charge is 0.366 e. The van der Waals surface area contributed by atoms with Gasteiger partial charge in [0.1, 0.15) is 5.70 Å². The number of benzene rings is 2. The Morgan fingerprint density at radius 2 is 1.77 bits per heavy atom. The van der Waals surface area contributed by atoms with E-state index in [-0.39, 0.29) is 18.4 Å². The van der Waals surface area contributed by atoms with Crippen LogP contribution in [-0.4, -0.2) is 34.7 Å². The highest BCUT2D eigenvalue weighted by Gasteiger charge is 2.42. The van der Waals surface area contributed by atoms with Crippen LogP contribution < -0.4 is 0 Å². The third-order valence-electron chi connectivity index (χ3n) is 6.02. The van der Waals surface area contributed by atoms with Gasteiger partial charge in [0.25, 0.3) is 11.8 Å². The number of carbonyl (C=O) groups excluding carboxylic acids is 2. The van der Waals surface area contributed by atoms with Gasteiger partial charge in [-0.15, -0.1) is 0 Å². The topological polar surface area (TPSA) is 40.6 Å². The van der Waals surface area contributed by atoms with E-state index >= 15 is 0 Å². The fraction of sp³-hybridized carbons (Fsp3) is 0.360. The van der Waals surface area contributed by atoms with E-state index < -0.39 is 0 Å². The van der Waals surface area contributed by atoms with Gasteiger partial charge in [-0.2, -0.15) is 0 Å². The lowest BCUT2D eigenvalue weighted by Gasteiger charge is -2.33. The van der Waals surface area contributed by atoms with Crippen molar-refractivity contribution in [3.05, 3.63) is 75.4 Å². The molecule has 4 nitrogen and oxygen atoms in total. The van der Waals surface area contributed by atoms with Gasteiger partial charge in [0.2, 0.25) is 0 Å². The number of halogens is 1. The maximum Gasteiger partial charge on any atom is 0.278 e. The molecule has 1 fully saturated rings. The van der Waals surface area contributed by atoms with Crippen LogP contribution in [-0.2, 0) is 16.1 Å². The van der Waals surface area contributed by atoms with Gasteiger partial charge >= 0.3 is 0 Å². The monoisotopic (exact) mass is 422 g/mol. The van der Waals surface area contributed by atoms with Crippen LogP contribution in [0.25, 0.3) is 5.57 Å². The summed E-state index contributed by atoms with van der Waals surface area (Å²) in [5, 5.41) is 0.634. The molecule has 0 radical (unpaired) electrons. The van der Waals surface area contributed by atoms with Gasteiger partial charge < -0.3 is 4.90 Å². The Hall–Kier alpha value is -2.59. The van der Waals surface area contributed by atoms with Crippen molar-refractivity contribution in [2.45, 2.75) is 40.2 Å². The molecule has 0 aromatic heterocycles. The van der Waals surface area contributed by atoms with Crippen LogP contribution in [0.2, 0.25) is 5.02 Å². The van der Waals surface area contributed by atoms with Crippen molar-refractivity contribution in [2.75, 3.05) is 13.1 Å². The van der Waals surface area contributed by atoms with Crippen molar-refractivity contribution in [3.8, 4) is 0 Å². The summed E-state index contributed by atoms with van der Waals surface area (Å²) in [6, 6.07) is 13.3. The molecule has 1 unspecified atom stereocenters. The molecule has 5 heteroatoms. The number of likely N-dealkylation sites (tertiary alicyclic amines) is 1. The van der Waals surface area contributed by atoms with Crippen molar-refractivity contribution in [1.82, 2.24) is 9.80 Å². The van der Waals surface area contributed by atoms with Crippen LogP contribution in [0.5, 0.6) is 0 Å². The summed E-state index contributed by atoms with van der Waals surface area (Å²) < 4.78 is 0. The third-order valence-corrected chi connectivity index (χ3v) is 6.27. The predicted molar refractivity (Wildman–Crippen MR) is 120 cm³/mol. The quantitative estimate of drug-likeness (QED) is 0.653. The molecule has 156 valence electrons. The smallest absolute Gasteiger partial charge is 0.278 e. The number of hydrogen-bond donors (Lipinski definition) is 0. The van der Waals surface area contributed by atoms with E-state index in [9.17, 15) is 9.59 Å². The minimum Gasteiger partial charge on any atom is -0.366 e. The van der Waals surface area contributed by atoms with Gasteiger partial charge in [-0.05, 0) is 61.4 Å². The summed E-state index contributed by atoms with van der Waals surface area (Å²) in [6.45, 7) is 8.10. The van der Waals surface area contributed by atoms with Crippen molar-refractivity contribution in [1.29, 1.82) is 0 Å². The first kappa shape index (κ1) is 20.7. The van der Waals surface area contributed by atoms with Crippen molar-refractivity contribution >= 4 is 29.0 Å². The molecule has 0 bridgehead atoms. The SMILES string of the molecule is Cc1ccc(C2=C(N3CCCC(C)C3)C(=O)N(Cc3ccc(Cl)cc3)C2=O)c(C)c1. The Morgan fingerprint density at radius 1 is 1.03 bits per heavy atom. The van der Waals surface area contributed by atoms with Gasteiger partial charge in [-0.1, -0.05) is 54.4 Å². The minimum atomic E-state index is -0.213. The normalized spacial score (nSPS) is 19.8. The lowest BCUT2D eigenvalue weighted by Crippen LogP contribution is -2.39. The van der Waals surface area contributed by atoms with Gasteiger partial charge in [-0.25, -0.2) is 0 Å². The molecule has 4 rings (SSSR count). The van der Waals surface area contributed by atoms with E-state index in [4.69, 9.17) is 11.6 Å². The average molecular weight is 423 g/mol. The molecule has 2 aliphatic rings. The number of hydrogen-bond acceptors (Lipinski definition) is 3. The van der Waals surface area contributed by atoms with Gasteiger partial charge in [-0.3, -0.25) is 14.5 Å². The number of piperidine rings is 1. The lowest BCUT2D eigenvalue weighted by molar-refractivity contribution is -0.138. The fourth-order valence-corrected chi connectivity index (χ4v) is 4.63. The van der Waals surface area contributed by atoms with E-state index in [2.05, 4.69) is 17.9 Å². The number of carbonyl (C=O) groups is 2. The van der Waals surface area contributed by atoms with E-state index in [0.717, 1.165) is 48.2 Å². The molecule has 2 aromatic rings. The fourth-order valence-electron chi connectivity index (χ4n) is 4.50. The van der Waals surface area contributed by atoms with Crippen molar-refractivity contribution in [3.63, 3.8) is 0 Å². The zero-order valence-corrected chi connectivity index (χ0v) is 18.5. The third kappa shape index (κ3) is 3.89. The second kappa shape index (κ2) is 8.27. The van der Waals surface area contributed by atoms with E-state index in [0.29, 0.717) is 22.2 Å². The number of nitrogens with zero attached hydrogens (tertiary/aromatic N) is 2. The Morgan fingerprint density at radius 3 is 2.43 bits per heavy atom. The van der Waals surface area contributed by atoms with Crippen LogP contribution in [0.3, 0.4) is 0 Å². The lowest BCUT2D eigenvalue weighted by atomic mass is 9.95. The van der Waals surface area contributed by atoms with Gasteiger partial charge in [0.05, 0.1) is 12.1 Å². The Bertz CT molecular complexity index is 1030. The molecule has 2 amide bonds. The zero-order chi connectivity index (χ0) is 21.4. The molecule has 1 atom stereocenters. The predicted octanol–water partition coefficient (Wildman–Crippen LogP) is 4.97. The highest BCUT2D eigenvalue weighted by Crippen LogP contribution is 2.36. The summed E-state index contributed by atoms with van der Waals surface area (Å²) in [4.78, 5) is 30.6. The number of rotatable bonds is 4. The summed E-state index contributed by atoms with van der Waals surface area (Å²) in [7, 11) is 0. The van der Waals surface area contributed by atoms with Crippen LogP contribution in [0, 0.1) is 19.8 Å². The number of aryl methyl sites for hydroxylation is 2. The molecule has 2 aromatic carbocycles. The average Bonchev–Trinajstić information content (AvgIpc) is 2.94. The van der Waals surface area contributed by atoms with Crippen LogP contribution in [0.4, 0.5) is 0 Å². The Kier molecular flexibility index (Phi) is 5.70. The van der Waals surface area contributed by atoms with Gasteiger partial charge in [0.15, 0.2) is 0 Å². The minimum absolute atomic E-state index is 0.195.